The average molecular weight is 188 g/mol. The van der Waals surface area contributed by atoms with Crippen LogP contribution < -0.4 is 0 Å². The van der Waals surface area contributed by atoms with Crippen molar-refractivity contribution in [2.24, 2.45) is 5.41 Å². The van der Waals surface area contributed by atoms with E-state index in [1.165, 1.54) is 32.1 Å². The zero-order valence-electron chi connectivity index (χ0n) is 8.27. The van der Waals surface area contributed by atoms with Gasteiger partial charge in [0.1, 0.15) is 0 Å². The fraction of sp³-hybridized carbons (Fsp3) is 1.00. The van der Waals surface area contributed by atoms with E-state index in [9.17, 15) is 4.21 Å². The van der Waals surface area contributed by atoms with Gasteiger partial charge < -0.3 is 0 Å². The van der Waals surface area contributed by atoms with Crippen molar-refractivity contribution >= 4 is 10.8 Å². The van der Waals surface area contributed by atoms with Crippen LogP contribution in [0, 0.1) is 5.41 Å². The highest BCUT2D eigenvalue weighted by atomic mass is 32.2. The highest BCUT2D eigenvalue weighted by molar-refractivity contribution is 7.84. The van der Waals surface area contributed by atoms with Crippen LogP contribution in [0.2, 0.25) is 0 Å². The van der Waals surface area contributed by atoms with Gasteiger partial charge in [0.05, 0.1) is 0 Å². The second-order valence-corrected chi connectivity index (χ2v) is 5.95. The van der Waals surface area contributed by atoms with Crippen molar-refractivity contribution in [1.29, 1.82) is 0 Å². The maximum absolute atomic E-state index is 10.8. The van der Waals surface area contributed by atoms with Gasteiger partial charge in [-0.25, -0.2) is 0 Å². The smallest absolute Gasteiger partial charge is 0.0232 e. The molecule has 1 saturated carbocycles. The molecule has 0 spiro atoms. The molecule has 72 valence electrons. The van der Waals surface area contributed by atoms with Crippen LogP contribution in [0.15, 0.2) is 0 Å². The minimum atomic E-state index is -0.584. The summed E-state index contributed by atoms with van der Waals surface area (Å²) in [6.07, 6.45) is 9.84. The van der Waals surface area contributed by atoms with Gasteiger partial charge in [-0.3, -0.25) is 4.21 Å². The van der Waals surface area contributed by atoms with Crippen LogP contribution >= 0.6 is 0 Å². The summed E-state index contributed by atoms with van der Waals surface area (Å²) in [5, 5.41) is 0. The molecule has 0 bridgehead atoms. The summed E-state index contributed by atoms with van der Waals surface area (Å²) < 4.78 is 10.8. The van der Waals surface area contributed by atoms with Crippen molar-refractivity contribution < 1.29 is 4.21 Å². The first-order valence-electron chi connectivity index (χ1n) is 4.92. The number of hydrogen-bond donors (Lipinski definition) is 0. The van der Waals surface area contributed by atoms with Crippen LogP contribution in [-0.2, 0) is 10.8 Å². The predicted molar refractivity (Wildman–Crippen MR) is 54.7 cm³/mol. The zero-order valence-corrected chi connectivity index (χ0v) is 9.08. The SMILES string of the molecule is CS(=O)CCCC1(C)CCCC1. The summed E-state index contributed by atoms with van der Waals surface area (Å²) in [4.78, 5) is 0. The summed E-state index contributed by atoms with van der Waals surface area (Å²) in [5.74, 6) is 0.898. The van der Waals surface area contributed by atoms with Gasteiger partial charge in [-0.1, -0.05) is 19.8 Å². The van der Waals surface area contributed by atoms with Gasteiger partial charge in [-0.2, -0.15) is 0 Å². The minimum Gasteiger partial charge on any atom is -0.260 e. The molecule has 0 radical (unpaired) electrons. The standard InChI is InChI=1S/C10H20OS/c1-10(6-3-4-7-10)8-5-9-12(2)11/h3-9H2,1-2H3. The molecule has 1 unspecified atom stereocenters. The second kappa shape index (κ2) is 4.40. The highest BCUT2D eigenvalue weighted by Crippen LogP contribution is 2.41. The zero-order chi connectivity index (χ0) is 9.03. The number of hydrogen-bond acceptors (Lipinski definition) is 1. The van der Waals surface area contributed by atoms with E-state index in [0.717, 1.165) is 12.2 Å². The van der Waals surface area contributed by atoms with E-state index < -0.39 is 10.8 Å². The summed E-state index contributed by atoms with van der Waals surface area (Å²) in [6.45, 7) is 2.39. The first kappa shape index (κ1) is 10.2. The summed E-state index contributed by atoms with van der Waals surface area (Å²) in [5.41, 5.74) is 0.597. The quantitative estimate of drug-likeness (QED) is 0.663. The van der Waals surface area contributed by atoms with Crippen LogP contribution in [0.5, 0.6) is 0 Å². The molecule has 1 fully saturated rings. The largest absolute Gasteiger partial charge is 0.260 e. The van der Waals surface area contributed by atoms with Crippen molar-refractivity contribution in [1.82, 2.24) is 0 Å². The molecule has 1 nitrogen and oxygen atoms in total. The van der Waals surface area contributed by atoms with Gasteiger partial charge in [0.15, 0.2) is 0 Å². The molecule has 1 atom stereocenters. The topological polar surface area (TPSA) is 17.1 Å². The molecule has 0 heterocycles. The van der Waals surface area contributed by atoms with E-state index in [0.29, 0.717) is 5.41 Å². The lowest BCUT2D eigenvalue weighted by atomic mass is 9.84. The Balaban J connectivity index is 2.17. The fourth-order valence-electron chi connectivity index (χ4n) is 2.18. The van der Waals surface area contributed by atoms with Crippen LogP contribution in [0.25, 0.3) is 0 Å². The lowest BCUT2D eigenvalue weighted by molar-refractivity contribution is 0.306. The lowest BCUT2D eigenvalue weighted by Crippen LogP contribution is -2.11. The molecule has 0 aliphatic heterocycles. The van der Waals surface area contributed by atoms with Crippen molar-refractivity contribution in [3.05, 3.63) is 0 Å². The van der Waals surface area contributed by atoms with Gasteiger partial charge in [0.2, 0.25) is 0 Å². The van der Waals surface area contributed by atoms with Crippen LogP contribution in [0.1, 0.15) is 45.4 Å². The summed E-state index contributed by atoms with van der Waals surface area (Å²) in [6, 6.07) is 0. The predicted octanol–water partition coefficient (Wildman–Crippen LogP) is 2.73. The van der Waals surface area contributed by atoms with Crippen molar-refractivity contribution in [2.75, 3.05) is 12.0 Å². The summed E-state index contributed by atoms with van der Waals surface area (Å²) >= 11 is 0. The second-order valence-electron chi connectivity index (χ2n) is 4.40. The van der Waals surface area contributed by atoms with Gasteiger partial charge in [-0.05, 0) is 31.1 Å². The van der Waals surface area contributed by atoms with E-state index in [1.807, 2.05) is 0 Å². The van der Waals surface area contributed by atoms with Gasteiger partial charge in [-0.15, -0.1) is 0 Å². The molecule has 1 rings (SSSR count). The molecule has 0 amide bonds. The maximum atomic E-state index is 10.8. The molecule has 2 heteroatoms. The molecular formula is C10H20OS. The first-order valence-corrected chi connectivity index (χ1v) is 6.65. The highest BCUT2D eigenvalue weighted by Gasteiger charge is 2.27. The Labute approximate surface area is 78.4 Å². The van der Waals surface area contributed by atoms with Gasteiger partial charge >= 0.3 is 0 Å². The van der Waals surface area contributed by atoms with Crippen LogP contribution in [0.4, 0.5) is 0 Å². The lowest BCUT2D eigenvalue weighted by Gasteiger charge is -2.22. The third-order valence-electron chi connectivity index (χ3n) is 3.02. The normalized spacial score (nSPS) is 24.2. The Kier molecular flexibility index (Phi) is 3.76. The Morgan fingerprint density at radius 1 is 1.33 bits per heavy atom. The minimum absolute atomic E-state index is 0.584. The third-order valence-corrected chi connectivity index (χ3v) is 3.89. The van der Waals surface area contributed by atoms with Crippen LogP contribution in [-0.4, -0.2) is 16.2 Å². The Morgan fingerprint density at radius 2 is 1.92 bits per heavy atom. The molecule has 0 aromatic heterocycles. The monoisotopic (exact) mass is 188 g/mol. The fourth-order valence-corrected chi connectivity index (χ4v) is 2.73. The van der Waals surface area contributed by atoms with Crippen LogP contribution in [0.3, 0.4) is 0 Å². The van der Waals surface area contributed by atoms with Crippen molar-refractivity contribution in [3.8, 4) is 0 Å². The van der Waals surface area contributed by atoms with E-state index in [1.54, 1.807) is 6.26 Å². The molecule has 0 N–H and O–H groups in total. The van der Waals surface area contributed by atoms with Crippen molar-refractivity contribution in [3.63, 3.8) is 0 Å². The molecular weight excluding hydrogens is 168 g/mol. The molecule has 1 aliphatic carbocycles. The van der Waals surface area contributed by atoms with E-state index in [2.05, 4.69) is 6.92 Å². The molecule has 0 aromatic carbocycles. The van der Waals surface area contributed by atoms with Gasteiger partial charge in [0.25, 0.3) is 0 Å². The van der Waals surface area contributed by atoms with E-state index >= 15 is 0 Å². The van der Waals surface area contributed by atoms with E-state index in [-0.39, 0.29) is 0 Å². The third kappa shape index (κ3) is 3.26. The molecule has 0 saturated heterocycles. The van der Waals surface area contributed by atoms with Gasteiger partial charge in [0, 0.05) is 22.8 Å². The Morgan fingerprint density at radius 3 is 2.42 bits per heavy atom. The molecule has 1 aliphatic rings. The first-order chi connectivity index (χ1) is 5.62. The summed E-state index contributed by atoms with van der Waals surface area (Å²) in [7, 11) is -0.584. The Bertz CT molecular complexity index is 159. The average Bonchev–Trinajstić information content (AvgIpc) is 2.35. The maximum Gasteiger partial charge on any atom is 0.0232 e. The molecule has 0 aromatic rings. The molecule has 12 heavy (non-hydrogen) atoms. The van der Waals surface area contributed by atoms with Crippen molar-refractivity contribution in [2.45, 2.75) is 45.4 Å². The Hall–Kier alpha value is 0.150. The van der Waals surface area contributed by atoms with E-state index in [4.69, 9.17) is 0 Å². The number of rotatable bonds is 4.